The molecular formula is C8H6BrCl3. The van der Waals surface area contributed by atoms with Gasteiger partial charge in [-0.15, -0.1) is 0 Å². The topological polar surface area (TPSA) is 0 Å². The van der Waals surface area contributed by atoms with E-state index >= 15 is 0 Å². The minimum Gasteiger partial charge on any atom is -0.0784 e. The minimum atomic E-state index is -1.34. The molecule has 66 valence electrons. The van der Waals surface area contributed by atoms with Crippen LogP contribution in [0, 0.1) is 6.92 Å². The Morgan fingerprint density at radius 1 is 1.25 bits per heavy atom. The summed E-state index contributed by atoms with van der Waals surface area (Å²) in [6, 6.07) is 5.51. The van der Waals surface area contributed by atoms with Gasteiger partial charge in [0, 0.05) is 10.0 Å². The Labute approximate surface area is 94.9 Å². The molecule has 0 fully saturated rings. The molecule has 0 bridgehead atoms. The number of halogens is 4. The summed E-state index contributed by atoms with van der Waals surface area (Å²) < 4.78 is -0.387. The number of hydrogen-bond acceptors (Lipinski definition) is 0. The maximum atomic E-state index is 5.69. The van der Waals surface area contributed by atoms with E-state index in [0.717, 1.165) is 10.0 Å². The van der Waals surface area contributed by atoms with Crippen molar-refractivity contribution in [3.63, 3.8) is 0 Å². The zero-order valence-corrected chi connectivity index (χ0v) is 10.1. The van der Waals surface area contributed by atoms with Crippen molar-refractivity contribution in [2.45, 2.75) is 10.7 Å². The highest BCUT2D eigenvalue weighted by Crippen LogP contribution is 2.39. The Balaban J connectivity index is 3.14. The average Bonchev–Trinajstić information content (AvgIpc) is 1.92. The first kappa shape index (κ1) is 10.6. The fraction of sp³-hybridized carbons (Fsp3) is 0.250. The van der Waals surface area contributed by atoms with Crippen LogP contribution in [0.3, 0.4) is 0 Å². The molecule has 0 atom stereocenters. The number of alkyl halides is 3. The van der Waals surface area contributed by atoms with E-state index in [9.17, 15) is 0 Å². The van der Waals surface area contributed by atoms with Gasteiger partial charge in [-0.1, -0.05) is 62.9 Å². The van der Waals surface area contributed by atoms with Gasteiger partial charge in [0.25, 0.3) is 0 Å². The quantitative estimate of drug-likeness (QED) is 0.613. The molecule has 0 radical (unpaired) electrons. The monoisotopic (exact) mass is 286 g/mol. The standard InChI is InChI=1S/C8H6BrCl3/c1-5-2-3-6(4-7(5)9)8(10,11)12/h2-4H,1H3. The average molecular weight is 288 g/mol. The van der Waals surface area contributed by atoms with Gasteiger partial charge in [0.2, 0.25) is 3.79 Å². The van der Waals surface area contributed by atoms with Crippen molar-refractivity contribution >= 4 is 50.7 Å². The minimum absolute atomic E-state index is 0.671. The SMILES string of the molecule is Cc1ccc(C(Cl)(Cl)Cl)cc1Br. The Hall–Kier alpha value is 0.570. The van der Waals surface area contributed by atoms with Crippen molar-refractivity contribution in [1.29, 1.82) is 0 Å². The summed E-state index contributed by atoms with van der Waals surface area (Å²) in [6.07, 6.45) is 0. The molecule has 0 N–H and O–H groups in total. The molecule has 12 heavy (non-hydrogen) atoms. The fourth-order valence-corrected chi connectivity index (χ4v) is 1.50. The lowest BCUT2D eigenvalue weighted by Crippen LogP contribution is -1.99. The van der Waals surface area contributed by atoms with Crippen LogP contribution in [0.5, 0.6) is 0 Å². The zero-order chi connectivity index (χ0) is 9.35. The molecular weight excluding hydrogens is 282 g/mol. The summed E-state index contributed by atoms with van der Waals surface area (Å²) in [7, 11) is 0. The Kier molecular flexibility index (Phi) is 3.33. The number of rotatable bonds is 0. The Bertz CT molecular complexity index is 291. The van der Waals surface area contributed by atoms with Gasteiger partial charge in [-0.05, 0) is 18.6 Å². The molecule has 0 spiro atoms. The van der Waals surface area contributed by atoms with Crippen LogP contribution in [-0.4, -0.2) is 0 Å². The van der Waals surface area contributed by atoms with E-state index in [1.807, 2.05) is 19.1 Å². The van der Waals surface area contributed by atoms with Gasteiger partial charge in [-0.3, -0.25) is 0 Å². The Morgan fingerprint density at radius 2 is 1.83 bits per heavy atom. The van der Waals surface area contributed by atoms with Gasteiger partial charge >= 0.3 is 0 Å². The van der Waals surface area contributed by atoms with Crippen molar-refractivity contribution in [2.24, 2.45) is 0 Å². The lowest BCUT2D eigenvalue weighted by molar-refractivity contribution is 1.22. The third-order valence-electron chi connectivity index (χ3n) is 1.50. The lowest BCUT2D eigenvalue weighted by atomic mass is 10.2. The summed E-state index contributed by atoms with van der Waals surface area (Å²) in [5.41, 5.74) is 1.79. The normalized spacial score (nSPS) is 11.8. The molecule has 1 aromatic carbocycles. The second kappa shape index (κ2) is 3.75. The molecule has 0 aliphatic carbocycles. The highest BCUT2D eigenvalue weighted by molar-refractivity contribution is 9.10. The van der Waals surface area contributed by atoms with Gasteiger partial charge < -0.3 is 0 Å². The van der Waals surface area contributed by atoms with Crippen LogP contribution in [0.2, 0.25) is 0 Å². The molecule has 0 saturated heterocycles. The van der Waals surface area contributed by atoms with Crippen molar-refractivity contribution in [3.05, 3.63) is 33.8 Å². The molecule has 0 aliphatic heterocycles. The van der Waals surface area contributed by atoms with E-state index in [4.69, 9.17) is 34.8 Å². The molecule has 0 amide bonds. The van der Waals surface area contributed by atoms with Gasteiger partial charge in [0.05, 0.1) is 0 Å². The van der Waals surface area contributed by atoms with Gasteiger partial charge in [0.15, 0.2) is 0 Å². The van der Waals surface area contributed by atoms with Crippen LogP contribution in [0.15, 0.2) is 22.7 Å². The summed E-state index contributed by atoms with van der Waals surface area (Å²) in [4.78, 5) is 0. The van der Waals surface area contributed by atoms with E-state index < -0.39 is 3.79 Å². The smallest absolute Gasteiger partial charge is 0.0784 e. The summed E-state index contributed by atoms with van der Waals surface area (Å²) in [5.74, 6) is 0. The molecule has 0 saturated carbocycles. The molecule has 4 heteroatoms. The van der Waals surface area contributed by atoms with Crippen LogP contribution in [-0.2, 0) is 3.79 Å². The molecule has 0 aliphatic rings. The fourth-order valence-electron chi connectivity index (χ4n) is 0.769. The zero-order valence-electron chi connectivity index (χ0n) is 6.24. The van der Waals surface area contributed by atoms with Gasteiger partial charge in [-0.25, -0.2) is 0 Å². The first-order valence-electron chi connectivity index (χ1n) is 3.24. The third kappa shape index (κ3) is 2.53. The van der Waals surface area contributed by atoms with Gasteiger partial charge in [0.1, 0.15) is 0 Å². The van der Waals surface area contributed by atoms with Crippen molar-refractivity contribution in [1.82, 2.24) is 0 Å². The predicted octanol–water partition coefficient (Wildman–Crippen LogP) is 4.58. The van der Waals surface area contributed by atoms with Gasteiger partial charge in [-0.2, -0.15) is 0 Å². The first-order valence-corrected chi connectivity index (χ1v) is 5.17. The second-order valence-corrected chi connectivity index (χ2v) is 5.60. The molecule has 0 nitrogen and oxygen atoms in total. The van der Waals surface area contributed by atoms with E-state index in [1.165, 1.54) is 0 Å². The number of hydrogen-bond donors (Lipinski definition) is 0. The van der Waals surface area contributed by atoms with E-state index in [1.54, 1.807) is 6.07 Å². The predicted molar refractivity (Wildman–Crippen MR) is 58.1 cm³/mol. The van der Waals surface area contributed by atoms with E-state index in [-0.39, 0.29) is 0 Å². The molecule has 1 aromatic rings. The molecule has 0 heterocycles. The summed E-state index contributed by atoms with van der Waals surface area (Å²) >= 11 is 20.4. The van der Waals surface area contributed by atoms with Crippen molar-refractivity contribution in [3.8, 4) is 0 Å². The Morgan fingerprint density at radius 3 is 2.25 bits per heavy atom. The van der Waals surface area contributed by atoms with Crippen LogP contribution < -0.4 is 0 Å². The van der Waals surface area contributed by atoms with Crippen molar-refractivity contribution in [2.75, 3.05) is 0 Å². The molecule has 1 rings (SSSR count). The number of benzene rings is 1. The highest BCUT2D eigenvalue weighted by Gasteiger charge is 2.22. The lowest BCUT2D eigenvalue weighted by Gasteiger charge is -2.11. The van der Waals surface area contributed by atoms with Crippen LogP contribution in [0.1, 0.15) is 11.1 Å². The summed E-state index contributed by atoms with van der Waals surface area (Å²) in [5, 5.41) is 0. The molecule has 0 aromatic heterocycles. The van der Waals surface area contributed by atoms with Crippen LogP contribution in [0.4, 0.5) is 0 Å². The van der Waals surface area contributed by atoms with Crippen LogP contribution in [0.25, 0.3) is 0 Å². The maximum absolute atomic E-state index is 5.69. The molecule has 0 unspecified atom stereocenters. The largest absolute Gasteiger partial charge is 0.216 e. The maximum Gasteiger partial charge on any atom is 0.216 e. The first-order chi connectivity index (χ1) is 5.41. The number of aryl methyl sites for hydroxylation is 1. The second-order valence-electron chi connectivity index (χ2n) is 2.46. The van der Waals surface area contributed by atoms with E-state index in [0.29, 0.717) is 5.56 Å². The third-order valence-corrected chi connectivity index (χ3v) is 3.01. The highest BCUT2D eigenvalue weighted by atomic mass is 79.9. The van der Waals surface area contributed by atoms with Crippen LogP contribution >= 0.6 is 50.7 Å². The van der Waals surface area contributed by atoms with Crippen molar-refractivity contribution < 1.29 is 0 Å². The van der Waals surface area contributed by atoms with E-state index in [2.05, 4.69) is 15.9 Å². The summed E-state index contributed by atoms with van der Waals surface area (Å²) in [6.45, 7) is 1.98.